The zero-order valence-electron chi connectivity index (χ0n) is 22.3. The largest absolute Gasteiger partial charge is 0.480 e. The van der Waals surface area contributed by atoms with Crippen molar-refractivity contribution in [1.82, 2.24) is 14.3 Å². The molecule has 224 valence electrons. The molecule has 0 aliphatic carbocycles. The van der Waals surface area contributed by atoms with Crippen molar-refractivity contribution >= 4 is 58.5 Å². The molecule has 2 aromatic rings. The molecule has 1 amide bonds. The molecule has 2 aliphatic rings. The fourth-order valence-electron chi connectivity index (χ4n) is 4.85. The molecule has 1 saturated heterocycles. The Balaban J connectivity index is 1.24. The number of sulfonamides is 1. The molecule has 0 aromatic heterocycles. The number of nitrogens with zero attached hydrogens (tertiary/aromatic N) is 1. The lowest BCUT2D eigenvalue weighted by Crippen LogP contribution is -2.41. The standard InChI is InChI=1S/C26H34ClN4O7PS2/c27-19-15-20-22(40-30-24(29-20)11-10-18-7-2-1-3-8-18)16-23(19)41(37,38)28-12-4-5-14-39(35,36)17-25(32)31-13-6-9-21(31)26(33)34/h1-3,7-8,15-16,21,24,28-30H,4-6,9-14,17H2,(H,33,34)(H,35,36). The van der Waals surface area contributed by atoms with Crippen molar-refractivity contribution in [3.05, 3.63) is 53.1 Å². The van der Waals surface area contributed by atoms with Crippen LogP contribution in [-0.4, -0.2) is 72.8 Å². The van der Waals surface area contributed by atoms with Crippen LogP contribution in [0.1, 0.15) is 37.7 Å². The van der Waals surface area contributed by atoms with Gasteiger partial charge in [0.1, 0.15) is 17.1 Å². The zero-order valence-corrected chi connectivity index (χ0v) is 25.6. The molecular formula is C26H34ClN4O7PS2. The first-order chi connectivity index (χ1) is 19.4. The predicted molar refractivity (Wildman–Crippen MR) is 159 cm³/mol. The number of benzene rings is 2. The van der Waals surface area contributed by atoms with E-state index in [2.05, 4.69) is 26.9 Å². The fourth-order valence-corrected chi connectivity index (χ4v) is 8.88. The molecule has 2 aliphatic heterocycles. The number of rotatable bonds is 13. The molecule has 4 rings (SSSR count). The highest BCUT2D eigenvalue weighted by Gasteiger charge is 2.36. The van der Waals surface area contributed by atoms with Gasteiger partial charge in [-0.05, 0) is 68.2 Å². The molecule has 0 radical (unpaired) electrons. The lowest BCUT2D eigenvalue weighted by Gasteiger charge is -2.28. The number of carboxylic acids is 1. The normalized spacial score (nSPS) is 20.2. The van der Waals surface area contributed by atoms with Crippen molar-refractivity contribution in [3.8, 4) is 0 Å². The zero-order chi connectivity index (χ0) is 29.6. The van der Waals surface area contributed by atoms with Gasteiger partial charge in [0.15, 0.2) is 0 Å². The second-order valence-corrected chi connectivity index (χ2v) is 15.6. The summed E-state index contributed by atoms with van der Waals surface area (Å²) in [6.45, 7) is 0.268. The van der Waals surface area contributed by atoms with Crippen LogP contribution < -0.4 is 14.8 Å². The van der Waals surface area contributed by atoms with Crippen LogP contribution in [0.25, 0.3) is 0 Å². The molecule has 15 heteroatoms. The molecule has 41 heavy (non-hydrogen) atoms. The first-order valence-electron chi connectivity index (χ1n) is 13.3. The number of carboxylic acid groups (broad SMARTS) is 1. The van der Waals surface area contributed by atoms with E-state index in [-0.39, 0.29) is 48.2 Å². The number of aliphatic carboxylic acids is 1. The number of carbonyl (C=O) groups is 2. The molecule has 11 nitrogen and oxygen atoms in total. The van der Waals surface area contributed by atoms with Crippen LogP contribution in [0.2, 0.25) is 5.02 Å². The first kappa shape index (κ1) is 31.8. The van der Waals surface area contributed by atoms with E-state index in [9.17, 15) is 32.6 Å². The van der Waals surface area contributed by atoms with Crippen molar-refractivity contribution in [2.75, 3.05) is 30.7 Å². The molecule has 0 spiro atoms. The molecular weight excluding hydrogens is 611 g/mol. The number of nitrogens with one attached hydrogen (secondary N) is 3. The summed E-state index contributed by atoms with van der Waals surface area (Å²) in [5, 5.41) is 12.7. The third-order valence-electron chi connectivity index (χ3n) is 7.00. The van der Waals surface area contributed by atoms with E-state index < -0.39 is 41.5 Å². The molecule has 3 atom stereocenters. The lowest BCUT2D eigenvalue weighted by molar-refractivity contribution is -0.147. The smallest absolute Gasteiger partial charge is 0.326 e. The summed E-state index contributed by atoms with van der Waals surface area (Å²) in [6.07, 6.45) is 2.21. The van der Waals surface area contributed by atoms with Gasteiger partial charge in [-0.2, -0.15) is 0 Å². The summed E-state index contributed by atoms with van der Waals surface area (Å²) in [5.74, 6) is -1.77. The highest BCUT2D eigenvalue weighted by atomic mass is 35.5. The van der Waals surface area contributed by atoms with E-state index >= 15 is 0 Å². The van der Waals surface area contributed by atoms with Crippen LogP contribution in [-0.2, 0) is 30.6 Å². The van der Waals surface area contributed by atoms with E-state index in [1.807, 2.05) is 18.2 Å². The number of carbonyl (C=O) groups excluding carboxylic acids is 1. The molecule has 2 heterocycles. The number of amides is 1. The van der Waals surface area contributed by atoms with Crippen LogP contribution in [0.4, 0.5) is 5.69 Å². The summed E-state index contributed by atoms with van der Waals surface area (Å²) in [7, 11) is -7.79. The Labute approximate surface area is 249 Å². The molecule has 5 N–H and O–H groups in total. The maximum absolute atomic E-state index is 13.0. The van der Waals surface area contributed by atoms with Gasteiger partial charge in [-0.25, -0.2) is 22.7 Å². The van der Waals surface area contributed by atoms with Gasteiger partial charge in [0.05, 0.1) is 16.9 Å². The van der Waals surface area contributed by atoms with Crippen LogP contribution in [0, 0.1) is 0 Å². The second kappa shape index (κ2) is 13.9. The Bertz CT molecular complexity index is 1410. The van der Waals surface area contributed by atoms with Crippen LogP contribution in [0.5, 0.6) is 0 Å². The van der Waals surface area contributed by atoms with Gasteiger partial charge >= 0.3 is 5.97 Å². The Morgan fingerprint density at radius 2 is 1.95 bits per heavy atom. The number of fused-ring (bicyclic) bond motifs is 1. The van der Waals surface area contributed by atoms with Gasteiger partial charge < -0.3 is 20.2 Å². The van der Waals surface area contributed by atoms with Gasteiger partial charge in [-0.3, -0.25) is 9.36 Å². The van der Waals surface area contributed by atoms with Gasteiger partial charge in [-0.15, -0.1) is 0 Å². The minimum Gasteiger partial charge on any atom is -0.480 e. The summed E-state index contributed by atoms with van der Waals surface area (Å²) in [6, 6.07) is 12.3. The average Bonchev–Trinajstić information content (AvgIpc) is 3.42. The van der Waals surface area contributed by atoms with E-state index in [0.29, 0.717) is 17.7 Å². The maximum atomic E-state index is 13.0. The van der Waals surface area contributed by atoms with Gasteiger partial charge in [0, 0.05) is 24.1 Å². The molecule has 0 bridgehead atoms. The second-order valence-electron chi connectivity index (χ2n) is 10.1. The van der Waals surface area contributed by atoms with E-state index in [1.165, 1.54) is 23.6 Å². The number of halogens is 1. The van der Waals surface area contributed by atoms with E-state index in [0.717, 1.165) is 23.4 Å². The summed E-state index contributed by atoms with van der Waals surface area (Å²) in [5.41, 5.74) is 1.97. The maximum Gasteiger partial charge on any atom is 0.326 e. The van der Waals surface area contributed by atoms with Gasteiger partial charge in [-0.1, -0.05) is 41.9 Å². The SMILES string of the molecule is O=C(O)C1CCCN1C(=O)CP(=O)(O)CCCCNS(=O)(=O)c1cc2c(cc1Cl)NC(CCc1ccccc1)NS2. The summed E-state index contributed by atoms with van der Waals surface area (Å²) in [4.78, 5) is 35.7. The van der Waals surface area contributed by atoms with Crippen molar-refractivity contribution in [2.45, 2.75) is 60.5 Å². The van der Waals surface area contributed by atoms with E-state index in [1.54, 1.807) is 6.07 Å². The Morgan fingerprint density at radius 3 is 2.68 bits per heavy atom. The average molecular weight is 645 g/mol. The minimum absolute atomic E-state index is 0.0160. The van der Waals surface area contributed by atoms with Crippen LogP contribution in [0.3, 0.4) is 0 Å². The minimum atomic E-state index is -3.94. The number of hydrogen-bond donors (Lipinski definition) is 5. The highest BCUT2D eigenvalue weighted by molar-refractivity contribution is 7.97. The number of unbranched alkanes of at least 4 members (excludes halogenated alkanes) is 1. The number of anilines is 1. The Kier molecular flexibility index (Phi) is 10.8. The van der Waals surface area contributed by atoms with Crippen molar-refractivity contribution in [1.29, 1.82) is 0 Å². The van der Waals surface area contributed by atoms with Gasteiger partial charge in [0.25, 0.3) is 0 Å². The van der Waals surface area contributed by atoms with Crippen molar-refractivity contribution in [2.24, 2.45) is 0 Å². The third-order valence-corrected chi connectivity index (χ3v) is 11.7. The molecule has 3 unspecified atom stereocenters. The topological polar surface area (TPSA) is 165 Å². The fraction of sp³-hybridized carbons (Fsp3) is 0.462. The highest BCUT2D eigenvalue weighted by Crippen LogP contribution is 2.42. The van der Waals surface area contributed by atoms with Crippen LogP contribution >= 0.6 is 30.9 Å². The molecule has 0 saturated carbocycles. The Hall–Kier alpha value is -2.12. The Morgan fingerprint density at radius 1 is 1.20 bits per heavy atom. The quantitative estimate of drug-likeness (QED) is 0.123. The van der Waals surface area contributed by atoms with Crippen molar-refractivity contribution < 1.29 is 32.6 Å². The predicted octanol–water partition coefficient (Wildman–Crippen LogP) is 3.73. The molecule has 1 fully saturated rings. The van der Waals surface area contributed by atoms with Gasteiger partial charge in [0.2, 0.25) is 23.3 Å². The van der Waals surface area contributed by atoms with Crippen LogP contribution in [0.15, 0.2) is 52.3 Å². The number of hydrogen-bond acceptors (Lipinski definition) is 8. The lowest BCUT2D eigenvalue weighted by atomic mass is 10.1. The number of likely N-dealkylation sites (tertiary alicyclic amines) is 1. The number of aryl methyl sites for hydroxylation is 1. The van der Waals surface area contributed by atoms with E-state index in [4.69, 9.17) is 11.6 Å². The molecule has 2 aromatic carbocycles. The summed E-state index contributed by atoms with van der Waals surface area (Å²) >= 11 is 7.70. The van der Waals surface area contributed by atoms with Crippen molar-refractivity contribution in [3.63, 3.8) is 0 Å². The monoisotopic (exact) mass is 644 g/mol. The summed E-state index contributed by atoms with van der Waals surface area (Å²) < 4.78 is 44.2. The third kappa shape index (κ3) is 8.70. The first-order valence-corrected chi connectivity index (χ1v) is 18.0.